The van der Waals surface area contributed by atoms with E-state index in [1.807, 2.05) is 12.1 Å². The van der Waals surface area contributed by atoms with Gasteiger partial charge in [-0.05, 0) is 37.1 Å². The summed E-state index contributed by atoms with van der Waals surface area (Å²) < 4.78 is 5.13. The molecule has 3 nitrogen and oxygen atoms in total. The first-order valence-corrected chi connectivity index (χ1v) is 5.81. The number of benzene rings is 1. The van der Waals surface area contributed by atoms with Crippen LogP contribution in [0, 0.1) is 0 Å². The molecule has 88 valence electrons. The molecule has 0 aliphatic carbocycles. The van der Waals surface area contributed by atoms with Crippen molar-refractivity contribution in [2.24, 2.45) is 0 Å². The van der Waals surface area contributed by atoms with Gasteiger partial charge in [0.05, 0.1) is 13.7 Å². The molecule has 0 spiro atoms. The molecular formula is C13H19NO2. The highest BCUT2D eigenvalue weighted by atomic mass is 16.5. The van der Waals surface area contributed by atoms with E-state index in [9.17, 15) is 5.11 Å². The monoisotopic (exact) mass is 221 g/mol. The molecule has 1 aromatic carbocycles. The van der Waals surface area contributed by atoms with Crippen molar-refractivity contribution in [3.63, 3.8) is 0 Å². The van der Waals surface area contributed by atoms with Gasteiger partial charge in [-0.25, -0.2) is 0 Å². The summed E-state index contributed by atoms with van der Waals surface area (Å²) in [4.78, 5) is 2.35. The Morgan fingerprint density at radius 1 is 1.38 bits per heavy atom. The molecule has 1 fully saturated rings. The van der Waals surface area contributed by atoms with Gasteiger partial charge in [0.15, 0.2) is 0 Å². The van der Waals surface area contributed by atoms with Gasteiger partial charge in [0, 0.05) is 12.6 Å². The van der Waals surface area contributed by atoms with Crippen LogP contribution in [0.2, 0.25) is 0 Å². The summed E-state index contributed by atoms with van der Waals surface area (Å²) in [5, 5.41) is 9.23. The first kappa shape index (κ1) is 11.4. The van der Waals surface area contributed by atoms with E-state index in [1.54, 1.807) is 7.11 Å². The van der Waals surface area contributed by atoms with E-state index in [0.717, 1.165) is 25.3 Å². The maximum atomic E-state index is 9.23. The molecule has 1 aliphatic rings. The fourth-order valence-corrected chi connectivity index (χ4v) is 2.28. The maximum Gasteiger partial charge on any atom is 0.118 e. The molecule has 0 amide bonds. The molecule has 1 aromatic rings. The molecule has 3 heteroatoms. The average molecular weight is 221 g/mol. The largest absolute Gasteiger partial charge is 0.497 e. The summed E-state index contributed by atoms with van der Waals surface area (Å²) in [6.07, 6.45) is 2.31. The van der Waals surface area contributed by atoms with Crippen LogP contribution in [0.4, 0.5) is 0 Å². The minimum atomic E-state index is 0.274. The minimum absolute atomic E-state index is 0.274. The number of ether oxygens (including phenoxy) is 1. The lowest BCUT2D eigenvalue weighted by Gasteiger charge is -2.22. The van der Waals surface area contributed by atoms with Crippen LogP contribution < -0.4 is 4.74 Å². The van der Waals surface area contributed by atoms with Crippen LogP contribution >= 0.6 is 0 Å². The molecule has 0 bridgehead atoms. The van der Waals surface area contributed by atoms with Crippen molar-refractivity contribution >= 4 is 0 Å². The lowest BCUT2D eigenvalue weighted by molar-refractivity contribution is 0.153. The molecule has 1 heterocycles. The second-order valence-corrected chi connectivity index (χ2v) is 4.30. The van der Waals surface area contributed by atoms with Gasteiger partial charge in [0.25, 0.3) is 0 Å². The average Bonchev–Trinajstić information content (AvgIpc) is 2.77. The SMILES string of the molecule is COc1ccc(CN2CCCC2CO)cc1. The van der Waals surface area contributed by atoms with Crippen molar-refractivity contribution in [1.82, 2.24) is 4.90 Å². The standard InChI is InChI=1S/C13H19NO2/c1-16-13-6-4-11(5-7-13)9-14-8-2-3-12(14)10-15/h4-7,12,15H,2-3,8-10H2,1H3. The zero-order chi connectivity index (χ0) is 11.4. The van der Waals surface area contributed by atoms with E-state index >= 15 is 0 Å². The molecular weight excluding hydrogens is 202 g/mol. The predicted molar refractivity (Wildman–Crippen MR) is 63.5 cm³/mol. The van der Waals surface area contributed by atoms with Crippen LogP contribution in [0.5, 0.6) is 5.75 Å². The van der Waals surface area contributed by atoms with Gasteiger partial charge in [-0.3, -0.25) is 4.90 Å². The number of aliphatic hydroxyl groups excluding tert-OH is 1. The normalized spacial score (nSPS) is 21.2. The third kappa shape index (κ3) is 2.54. The van der Waals surface area contributed by atoms with E-state index in [0.29, 0.717) is 6.04 Å². The van der Waals surface area contributed by atoms with Crippen molar-refractivity contribution in [2.45, 2.75) is 25.4 Å². The van der Waals surface area contributed by atoms with E-state index in [4.69, 9.17) is 4.74 Å². The Bertz CT molecular complexity index is 323. The van der Waals surface area contributed by atoms with Gasteiger partial charge < -0.3 is 9.84 Å². The van der Waals surface area contributed by atoms with E-state index in [1.165, 1.54) is 12.0 Å². The van der Waals surface area contributed by atoms with Gasteiger partial charge in [-0.2, -0.15) is 0 Å². The summed E-state index contributed by atoms with van der Waals surface area (Å²) in [6, 6.07) is 8.50. The summed E-state index contributed by atoms with van der Waals surface area (Å²) >= 11 is 0. The highest BCUT2D eigenvalue weighted by molar-refractivity contribution is 5.27. The van der Waals surface area contributed by atoms with Gasteiger partial charge in [-0.1, -0.05) is 12.1 Å². The number of rotatable bonds is 4. The minimum Gasteiger partial charge on any atom is -0.497 e. The molecule has 1 atom stereocenters. The molecule has 0 radical (unpaired) electrons. The maximum absolute atomic E-state index is 9.23. The van der Waals surface area contributed by atoms with Gasteiger partial charge in [-0.15, -0.1) is 0 Å². The van der Waals surface area contributed by atoms with Crippen molar-refractivity contribution in [3.8, 4) is 5.75 Å². The van der Waals surface area contributed by atoms with Crippen LogP contribution in [0.1, 0.15) is 18.4 Å². The molecule has 1 unspecified atom stereocenters. The third-order valence-corrected chi connectivity index (χ3v) is 3.25. The molecule has 16 heavy (non-hydrogen) atoms. The Kier molecular flexibility index (Phi) is 3.80. The van der Waals surface area contributed by atoms with Crippen molar-refractivity contribution in [3.05, 3.63) is 29.8 Å². The lowest BCUT2D eigenvalue weighted by Crippen LogP contribution is -2.31. The Morgan fingerprint density at radius 2 is 2.12 bits per heavy atom. The molecule has 0 aromatic heterocycles. The number of hydrogen-bond donors (Lipinski definition) is 1. The molecule has 0 saturated carbocycles. The lowest BCUT2D eigenvalue weighted by atomic mass is 10.2. The zero-order valence-electron chi connectivity index (χ0n) is 9.72. The Labute approximate surface area is 96.6 Å². The van der Waals surface area contributed by atoms with E-state index in [2.05, 4.69) is 17.0 Å². The van der Waals surface area contributed by atoms with Crippen LogP contribution in [-0.2, 0) is 6.54 Å². The summed E-state index contributed by atoms with van der Waals surface area (Å²) in [5.74, 6) is 0.892. The molecule has 1 N–H and O–H groups in total. The highest BCUT2D eigenvalue weighted by Gasteiger charge is 2.23. The van der Waals surface area contributed by atoms with Gasteiger partial charge in [0.1, 0.15) is 5.75 Å². The van der Waals surface area contributed by atoms with E-state index in [-0.39, 0.29) is 6.61 Å². The molecule has 2 rings (SSSR count). The first-order chi connectivity index (χ1) is 7.83. The van der Waals surface area contributed by atoms with Crippen LogP contribution in [0.15, 0.2) is 24.3 Å². The fraction of sp³-hybridized carbons (Fsp3) is 0.538. The second kappa shape index (κ2) is 5.32. The van der Waals surface area contributed by atoms with Crippen molar-refractivity contribution in [2.75, 3.05) is 20.3 Å². The first-order valence-electron chi connectivity index (χ1n) is 5.81. The topological polar surface area (TPSA) is 32.7 Å². The number of likely N-dealkylation sites (tertiary alicyclic amines) is 1. The summed E-state index contributed by atoms with van der Waals surface area (Å²) in [6.45, 7) is 2.29. The summed E-state index contributed by atoms with van der Waals surface area (Å²) in [7, 11) is 1.68. The van der Waals surface area contributed by atoms with Crippen LogP contribution in [0.3, 0.4) is 0 Å². The van der Waals surface area contributed by atoms with Gasteiger partial charge >= 0.3 is 0 Å². The molecule has 1 saturated heterocycles. The van der Waals surface area contributed by atoms with E-state index < -0.39 is 0 Å². The van der Waals surface area contributed by atoms with Crippen molar-refractivity contribution < 1.29 is 9.84 Å². The zero-order valence-corrected chi connectivity index (χ0v) is 9.72. The summed E-state index contributed by atoms with van der Waals surface area (Å²) in [5.41, 5.74) is 1.28. The smallest absolute Gasteiger partial charge is 0.118 e. The Morgan fingerprint density at radius 3 is 2.75 bits per heavy atom. The highest BCUT2D eigenvalue weighted by Crippen LogP contribution is 2.20. The molecule has 1 aliphatic heterocycles. The number of methoxy groups -OCH3 is 1. The number of aliphatic hydroxyl groups is 1. The fourth-order valence-electron chi connectivity index (χ4n) is 2.28. The Balaban J connectivity index is 1.97. The van der Waals surface area contributed by atoms with Crippen LogP contribution in [0.25, 0.3) is 0 Å². The predicted octanol–water partition coefficient (Wildman–Crippen LogP) is 1.65. The van der Waals surface area contributed by atoms with Crippen LogP contribution in [-0.4, -0.2) is 36.3 Å². The second-order valence-electron chi connectivity index (χ2n) is 4.30. The quantitative estimate of drug-likeness (QED) is 0.839. The number of hydrogen-bond acceptors (Lipinski definition) is 3. The van der Waals surface area contributed by atoms with Gasteiger partial charge in [0.2, 0.25) is 0 Å². The Hall–Kier alpha value is -1.06. The third-order valence-electron chi connectivity index (χ3n) is 3.25. The number of nitrogens with zero attached hydrogens (tertiary/aromatic N) is 1. The van der Waals surface area contributed by atoms with Crippen molar-refractivity contribution in [1.29, 1.82) is 0 Å².